The summed E-state index contributed by atoms with van der Waals surface area (Å²) in [5, 5.41) is 15.3. The van der Waals surface area contributed by atoms with Crippen LogP contribution in [0.3, 0.4) is 0 Å². The Hall–Kier alpha value is -1.52. The first-order valence-corrected chi connectivity index (χ1v) is 5.04. The number of aromatic nitrogens is 2. The number of carboxylic acid groups (broad SMARTS) is 1. The fourth-order valence-electron chi connectivity index (χ4n) is 1.49. The van der Waals surface area contributed by atoms with Gasteiger partial charge in [-0.25, -0.2) is 0 Å². The first-order chi connectivity index (χ1) is 7.00. The van der Waals surface area contributed by atoms with E-state index in [2.05, 4.69) is 24.0 Å². The zero-order chi connectivity index (χ0) is 11.4. The lowest BCUT2D eigenvalue weighted by atomic mass is 10.0. The maximum Gasteiger partial charge on any atom is 0.303 e. The molecule has 84 valence electrons. The van der Waals surface area contributed by atoms with Crippen molar-refractivity contribution in [2.24, 2.45) is 5.92 Å². The molecule has 5 heteroatoms. The van der Waals surface area contributed by atoms with Gasteiger partial charge in [0.1, 0.15) is 5.82 Å². The van der Waals surface area contributed by atoms with Crippen LogP contribution < -0.4 is 5.73 Å². The molecule has 0 bridgehead atoms. The number of nitrogen functional groups attached to an aromatic ring is 1. The van der Waals surface area contributed by atoms with E-state index in [1.165, 1.54) is 0 Å². The lowest BCUT2D eigenvalue weighted by molar-refractivity contribution is -0.136. The normalized spacial score (nSPS) is 10.9. The molecule has 0 aliphatic carbocycles. The van der Waals surface area contributed by atoms with E-state index in [0.717, 1.165) is 17.7 Å². The first kappa shape index (κ1) is 11.6. The van der Waals surface area contributed by atoms with Gasteiger partial charge >= 0.3 is 5.97 Å². The molecular formula is C10H17N3O2. The van der Waals surface area contributed by atoms with Crippen LogP contribution in [0.15, 0.2) is 0 Å². The molecule has 0 atom stereocenters. The molecule has 1 aromatic heterocycles. The van der Waals surface area contributed by atoms with Gasteiger partial charge in [-0.2, -0.15) is 5.10 Å². The number of nitrogens with one attached hydrogen (secondary N) is 1. The van der Waals surface area contributed by atoms with E-state index in [1.54, 1.807) is 0 Å². The van der Waals surface area contributed by atoms with Crippen molar-refractivity contribution in [3.8, 4) is 0 Å². The average molecular weight is 211 g/mol. The van der Waals surface area contributed by atoms with Crippen LogP contribution in [0.5, 0.6) is 0 Å². The Morgan fingerprint density at radius 2 is 2.27 bits per heavy atom. The molecule has 1 aromatic rings. The zero-order valence-corrected chi connectivity index (χ0v) is 9.08. The van der Waals surface area contributed by atoms with Crippen LogP contribution >= 0.6 is 0 Å². The minimum atomic E-state index is -0.807. The number of hydrogen-bond donors (Lipinski definition) is 3. The maximum absolute atomic E-state index is 10.4. The summed E-state index contributed by atoms with van der Waals surface area (Å²) >= 11 is 0. The van der Waals surface area contributed by atoms with Crippen molar-refractivity contribution >= 4 is 11.8 Å². The number of nitrogens with zero attached hydrogens (tertiary/aromatic N) is 1. The minimum Gasteiger partial charge on any atom is -0.481 e. The number of hydrogen-bond acceptors (Lipinski definition) is 3. The Morgan fingerprint density at radius 1 is 1.60 bits per heavy atom. The third kappa shape index (κ3) is 3.27. The molecule has 4 N–H and O–H groups in total. The maximum atomic E-state index is 10.4. The number of aliphatic carboxylic acids is 1. The van der Waals surface area contributed by atoms with E-state index in [4.69, 9.17) is 10.8 Å². The Balaban J connectivity index is 2.74. The highest BCUT2D eigenvalue weighted by Gasteiger charge is 2.13. The summed E-state index contributed by atoms with van der Waals surface area (Å²) < 4.78 is 0. The van der Waals surface area contributed by atoms with Crippen LogP contribution in [0.25, 0.3) is 0 Å². The molecule has 0 saturated heterocycles. The number of rotatable bonds is 5. The lowest BCUT2D eigenvalue weighted by Gasteiger charge is -2.05. The van der Waals surface area contributed by atoms with Crippen molar-refractivity contribution in [2.75, 3.05) is 5.73 Å². The highest BCUT2D eigenvalue weighted by Crippen LogP contribution is 2.19. The second kappa shape index (κ2) is 4.82. The third-order valence-electron chi connectivity index (χ3n) is 2.19. The molecule has 0 fully saturated rings. The van der Waals surface area contributed by atoms with Gasteiger partial charge in [0.05, 0.1) is 6.42 Å². The van der Waals surface area contributed by atoms with E-state index < -0.39 is 5.97 Å². The number of nitrogens with two attached hydrogens (primary N) is 1. The van der Waals surface area contributed by atoms with Crippen LogP contribution in [0.1, 0.15) is 31.5 Å². The first-order valence-electron chi connectivity index (χ1n) is 5.04. The molecule has 0 unspecified atom stereocenters. The Morgan fingerprint density at radius 3 is 2.80 bits per heavy atom. The number of H-pyrrole nitrogens is 1. The minimum absolute atomic E-state index is 0.104. The summed E-state index contributed by atoms with van der Waals surface area (Å²) in [6, 6.07) is 0. The summed E-state index contributed by atoms with van der Waals surface area (Å²) in [5.74, 6) is 0.163. The Labute approximate surface area is 88.7 Å². The van der Waals surface area contributed by atoms with Gasteiger partial charge < -0.3 is 10.8 Å². The van der Waals surface area contributed by atoms with Gasteiger partial charge in [-0.05, 0) is 18.8 Å². The molecule has 15 heavy (non-hydrogen) atoms. The molecule has 5 nitrogen and oxygen atoms in total. The van der Waals surface area contributed by atoms with Gasteiger partial charge in [-0.15, -0.1) is 0 Å². The molecule has 0 aliphatic heterocycles. The molecule has 1 rings (SSSR count). The Kier molecular flexibility index (Phi) is 3.71. The predicted octanol–water partition coefficient (Wildman–Crippen LogP) is 1.21. The summed E-state index contributed by atoms with van der Waals surface area (Å²) in [7, 11) is 0. The van der Waals surface area contributed by atoms with E-state index in [9.17, 15) is 4.79 Å². The summed E-state index contributed by atoms with van der Waals surface area (Å²) in [6.07, 6.45) is 1.39. The second-order valence-corrected chi connectivity index (χ2v) is 4.06. The van der Waals surface area contributed by atoms with Crippen LogP contribution in [0.2, 0.25) is 0 Å². The van der Waals surface area contributed by atoms with Crippen LogP contribution in [0, 0.1) is 5.92 Å². The number of aryl methyl sites for hydroxylation is 1. The van der Waals surface area contributed by atoms with Crippen molar-refractivity contribution in [1.82, 2.24) is 10.2 Å². The van der Waals surface area contributed by atoms with E-state index in [1.807, 2.05) is 0 Å². The molecule has 0 saturated carbocycles. The highest BCUT2D eigenvalue weighted by atomic mass is 16.4. The number of carbonyl (C=O) groups is 1. The van der Waals surface area contributed by atoms with Crippen molar-refractivity contribution in [1.29, 1.82) is 0 Å². The number of aromatic amines is 1. The third-order valence-corrected chi connectivity index (χ3v) is 2.19. The zero-order valence-electron chi connectivity index (χ0n) is 9.08. The van der Waals surface area contributed by atoms with Crippen molar-refractivity contribution in [2.45, 2.75) is 33.1 Å². The van der Waals surface area contributed by atoms with Gasteiger partial charge in [0.15, 0.2) is 0 Å². The fourth-order valence-corrected chi connectivity index (χ4v) is 1.49. The van der Waals surface area contributed by atoms with Crippen LogP contribution in [0.4, 0.5) is 5.82 Å². The molecule has 0 radical (unpaired) electrons. The average Bonchev–Trinajstić information content (AvgIpc) is 2.44. The molecular weight excluding hydrogens is 194 g/mol. The lowest BCUT2D eigenvalue weighted by Crippen LogP contribution is -2.03. The van der Waals surface area contributed by atoms with Crippen LogP contribution in [-0.2, 0) is 17.6 Å². The van der Waals surface area contributed by atoms with E-state index >= 15 is 0 Å². The molecule has 1 heterocycles. The second-order valence-electron chi connectivity index (χ2n) is 4.06. The SMILES string of the molecule is CC(C)Cc1c(N)n[nH]c1CCC(=O)O. The molecule has 0 aromatic carbocycles. The van der Waals surface area contributed by atoms with Gasteiger partial charge in [0.25, 0.3) is 0 Å². The topological polar surface area (TPSA) is 92.0 Å². The predicted molar refractivity (Wildman–Crippen MR) is 57.5 cm³/mol. The molecule has 0 aliphatic rings. The van der Waals surface area contributed by atoms with Gasteiger partial charge in [-0.3, -0.25) is 9.89 Å². The van der Waals surface area contributed by atoms with Gasteiger partial charge in [0, 0.05) is 11.3 Å². The largest absolute Gasteiger partial charge is 0.481 e. The summed E-state index contributed by atoms with van der Waals surface area (Å²) in [5.41, 5.74) is 7.52. The van der Waals surface area contributed by atoms with E-state index in [-0.39, 0.29) is 6.42 Å². The summed E-state index contributed by atoms with van der Waals surface area (Å²) in [6.45, 7) is 4.18. The molecule has 0 spiro atoms. The number of anilines is 1. The monoisotopic (exact) mass is 211 g/mol. The molecule has 0 amide bonds. The fraction of sp³-hybridized carbons (Fsp3) is 0.600. The van der Waals surface area contributed by atoms with E-state index in [0.29, 0.717) is 18.2 Å². The van der Waals surface area contributed by atoms with Crippen molar-refractivity contribution in [3.05, 3.63) is 11.3 Å². The highest BCUT2D eigenvalue weighted by molar-refractivity contribution is 5.67. The smallest absolute Gasteiger partial charge is 0.303 e. The summed E-state index contributed by atoms with van der Waals surface area (Å²) in [4.78, 5) is 10.4. The van der Waals surface area contributed by atoms with Crippen LogP contribution in [-0.4, -0.2) is 21.3 Å². The van der Waals surface area contributed by atoms with Gasteiger partial charge in [-0.1, -0.05) is 13.8 Å². The number of carboxylic acids is 1. The van der Waals surface area contributed by atoms with Gasteiger partial charge in [0.2, 0.25) is 0 Å². The Bertz CT molecular complexity index is 344. The standard InChI is InChI=1S/C10H17N3O2/c1-6(2)5-7-8(3-4-9(14)15)12-13-10(7)11/h6H,3-5H2,1-2H3,(H,14,15)(H3,11,12,13). The van der Waals surface area contributed by atoms with Crippen molar-refractivity contribution < 1.29 is 9.90 Å². The van der Waals surface area contributed by atoms with Crippen molar-refractivity contribution in [3.63, 3.8) is 0 Å². The quantitative estimate of drug-likeness (QED) is 0.682.